The van der Waals surface area contributed by atoms with Crippen LogP contribution >= 0.6 is 0 Å². The van der Waals surface area contributed by atoms with E-state index in [1.54, 1.807) is 7.11 Å². The quantitative estimate of drug-likeness (QED) is 0.848. The Bertz CT molecular complexity index is 329. The molecule has 0 aromatic carbocycles. The van der Waals surface area contributed by atoms with Gasteiger partial charge in [-0.05, 0) is 44.0 Å². The molecule has 0 radical (unpaired) electrons. The number of piperidine rings is 1. The Hall–Kier alpha value is -0.840. The van der Waals surface area contributed by atoms with Gasteiger partial charge in [0.25, 0.3) is 0 Å². The van der Waals surface area contributed by atoms with Crippen LogP contribution in [0.1, 0.15) is 24.4 Å². The largest absolute Gasteiger partial charge is 0.462 e. The first-order valence-electron chi connectivity index (χ1n) is 6.21. The number of aliphatic hydroxyl groups excluding tert-OH is 1. The minimum atomic E-state index is -0.0179. The molecule has 0 atom stereocenters. The van der Waals surface area contributed by atoms with E-state index < -0.39 is 0 Å². The van der Waals surface area contributed by atoms with Gasteiger partial charge in [-0.2, -0.15) is 0 Å². The molecule has 4 nitrogen and oxygen atoms in total. The van der Waals surface area contributed by atoms with Crippen molar-refractivity contribution >= 4 is 0 Å². The van der Waals surface area contributed by atoms with Gasteiger partial charge in [0.1, 0.15) is 18.1 Å². The molecule has 1 fully saturated rings. The monoisotopic (exact) mass is 239 g/mol. The zero-order valence-electron chi connectivity index (χ0n) is 10.4. The van der Waals surface area contributed by atoms with Gasteiger partial charge in [-0.25, -0.2) is 0 Å². The van der Waals surface area contributed by atoms with Gasteiger partial charge >= 0.3 is 0 Å². The SMILES string of the molecule is COCC1CCN(Cc2ccc(CO)o2)CC1. The molecule has 96 valence electrons. The highest BCUT2D eigenvalue weighted by atomic mass is 16.5. The zero-order chi connectivity index (χ0) is 12.1. The molecule has 0 unspecified atom stereocenters. The van der Waals surface area contributed by atoms with Gasteiger partial charge < -0.3 is 14.3 Å². The molecule has 1 saturated heterocycles. The summed E-state index contributed by atoms with van der Waals surface area (Å²) in [6.45, 7) is 3.91. The highest BCUT2D eigenvalue weighted by Gasteiger charge is 2.19. The number of hydrogen-bond donors (Lipinski definition) is 1. The topological polar surface area (TPSA) is 45.8 Å². The Balaban J connectivity index is 1.77. The van der Waals surface area contributed by atoms with Crippen molar-refractivity contribution in [1.82, 2.24) is 4.90 Å². The van der Waals surface area contributed by atoms with Crippen molar-refractivity contribution < 1.29 is 14.3 Å². The molecule has 1 aromatic heterocycles. The van der Waals surface area contributed by atoms with Crippen molar-refractivity contribution in [2.75, 3.05) is 26.8 Å². The van der Waals surface area contributed by atoms with Crippen LogP contribution in [0, 0.1) is 5.92 Å². The summed E-state index contributed by atoms with van der Waals surface area (Å²) in [5.74, 6) is 2.30. The molecule has 0 bridgehead atoms. The number of nitrogens with zero attached hydrogens (tertiary/aromatic N) is 1. The number of aliphatic hydroxyl groups is 1. The van der Waals surface area contributed by atoms with Gasteiger partial charge in [0, 0.05) is 13.7 Å². The average Bonchev–Trinajstić information content (AvgIpc) is 2.80. The van der Waals surface area contributed by atoms with Crippen molar-refractivity contribution in [2.24, 2.45) is 5.92 Å². The summed E-state index contributed by atoms with van der Waals surface area (Å²) in [4.78, 5) is 2.39. The standard InChI is InChI=1S/C13H21NO3/c1-16-10-11-4-6-14(7-5-11)8-12-2-3-13(9-15)17-12/h2-3,11,15H,4-10H2,1H3. The normalized spacial score (nSPS) is 18.7. The van der Waals surface area contributed by atoms with Gasteiger partial charge in [0.2, 0.25) is 0 Å². The van der Waals surface area contributed by atoms with E-state index >= 15 is 0 Å². The van der Waals surface area contributed by atoms with Gasteiger partial charge in [-0.3, -0.25) is 4.90 Å². The average molecular weight is 239 g/mol. The second-order valence-electron chi connectivity index (χ2n) is 4.70. The van der Waals surface area contributed by atoms with Crippen LogP contribution in [-0.2, 0) is 17.9 Å². The zero-order valence-corrected chi connectivity index (χ0v) is 10.4. The number of rotatable bonds is 5. The van der Waals surface area contributed by atoms with E-state index in [1.807, 2.05) is 12.1 Å². The van der Waals surface area contributed by atoms with Crippen LogP contribution in [-0.4, -0.2) is 36.8 Å². The predicted octanol–water partition coefficient (Wildman–Crippen LogP) is 1.63. The predicted molar refractivity (Wildman–Crippen MR) is 64.5 cm³/mol. The Kier molecular flexibility index (Phi) is 4.59. The van der Waals surface area contributed by atoms with Crippen molar-refractivity contribution in [3.8, 4) is 0 Å². The second-order valence-corrected chi connectivity index (χ2v) is 4.70. The van der Waals surface area contributed by atoms with E-state index in [0.717, 1.165) is 32.0 Å². The molecular formula is C13H21NO3. The lowest BCUT2D eigenvalue weighted by Crippen LogP contribution is -2.34. The summed E-state index contributed by atoms with van der Waals surface area (Å²) in [5.41, 5.74) is 0. The Morgan fingerprint density at radius 1 is 1.35 bits per heavy atom. The van der Waals surface area contributed by atoms with Gasteiger partial charge in [0.05, 0.1) is 6.54 Å². The maximum absolute atomic E-state index is 8.93. The van der Waals surface area contributed by atoms with Crippen molar-refractivity contribution in [1.29, 1.82) is 0 Å². The molecule has 1 N–H and O–H groups in total. The highest BCUT2D eigenvalue weighted by Crippen LogP contribution is 2.19. The van der Waals surface area contributed by atoms with Crippen LogP contribution in [0.2, 0.25) is 0 Å². The molecule has 1 aromatic rings. The minimum Gasteiger partial charge on any atom is -0.462 e. The molecule has 0 aliphatic carbocycles. The van der Waals surface area contributed by atoms with Gasteiger partial charge in [-0.15, -0.1) is 0 Å². The van der Waals surface area contributed by atoms with Crippen molar-refractivity contribution in [3.05, 3.63) is 23.7 Å². The first-order valence-corrected chi connectivity index (χ1v) is 6.21. The summed E-state index contributed by atoms with van der Waals surface area (Å²) in [7, 11) is 1.77. The summed E-state index contributed by atoms with van der Waals surface area (Å²) in [6, 6.07) is 3.79. The first kappa shape index (κ1) is 12.6. The molecule has 2 heterocycles. The summed E-state index contributed by atoms with van der Waals surface area (Å²) in [6.07, 6.45) is 2.39. The van der Waals surface area contributed by atoms with Crippen LogP contribution < -0.4 is 0 Å². The van der Waals surface area contributed by atoms with Crippen LogP contribution in [0.5, 0.6) is 0 Å². The lowest BCUT2D eigenvalue weighted by molar-refractivity contribution is 0.0933. The second kappa shape index (κ2) is 6.19. The van der Waals surface area contributed by atoms with E-state index in [-0.39, 0.29) is 6.61 Å². The maximum Gasteiger partial charge on any atom is 0.129 e. The third-order valence-electron chi connectivity index (χ3n) is 3.36. The van der Waals surface area contributed by atoms with Crippen LogP contribution in [0.3, 0.4) is 0 Å². The number of likely N-dealkylation sites (tertiary alicyclic amines) is 1. The van der Waals surface area contributed by atoms with Crippen LogP contribution in [0.15, 0.2) is 16.5 Å². The lowest BCUT2D eigenvalue weighted by Gasteiger charge is -2.30. The summed E-state index contributed by atoms with van der Waals surface area (Å²) in [5, 5.41) is 8.93. The molecule has 1 aliphatic rings. The van der Waals surface area contributed by atoms with Crippen molar-refractivity contribution in [3.63, 3.8) is 0 Å². The number of methoxy groups -OCH3 is 1. The summed E-state index contributed by atoms with van der Waals surface area (Å²) >= 11 is 0. The van der Waals surface area contributed by atoms with Crippen molar-refractivity contribution in [2.45, 2.75) is 26.0 Å². The first-order chi connectivity index (χ1) is 8.31. The third-order valence-corrected chi connectivity index (χ3v) is 3.36. The van der Waals surface area contributed by atoms with E-state index in [1.165, 1.54) is 12.8 Å². The summed E-state index contributed by atoms with van der Waals surface area (Å²) < 4.78 is 10.7. The molecule has 1 aliphatic heterocycles. The molecule has 0 amide bonds. The molecular weight excluding hydrogens is 218 g/mol. The Morgan fingerprint density at radius 3 is 2.65 bits per heavy atom. The fourth-order valence-corrected chi connectivity index (χ4v) is 2.36. The van der Waals surface area contributed by atoms with E-state index in [2.05, 4.69) is 4.90 Å². The third kappa shape index (κ3) is 3.56. The molecule has 17 heavy (non-hydrogen) atoms. The fraction of sp³-hybridized carbons (Fsp3) is 0.692. The lowest BCUT2D eigenvalue weighted by atomic mass is 9.98. The number of furan rings is 1. The number of ether oxygens (including phenoxy) is 1. The highest BCUT2D eigenvalue weighted by molar-refractivity contribution is 5.06. The van der Waals surface area contributed by atoms with Gasteiger partial charge in [0.15, 0.2) is 0 Å². The Morgan fingerprint density at radius 2 is 2.06 bits per heavy atom. The molecule has 0 spiro atoms. The molecule has 0 saturated carbocycles. The van der Waals surface area contributed by atoms with E-state index in [0.29, 0.717) is 11.7 Å². The van der Waals surface area contributed by atoms with E-state index in [9.17, 15) is 0 Å². The smallest absolute Gasteiger partial charge is 0.129 e. The number of hydrogen-bond acceptors (Lipinski definition) is 4. The Labute approximate surface area is 102 Å². The fourth-order valence-electron chi connectivity index (χ4n) is 2.36. The van der Waals surface area contributed by atoms with Crippen LogP contribution in [0.25, 0.3) is 0 Å². The van der Waals surface area contributed by atoms with E-state index in [4.69, 9.17) is 14.3 Å². The molecule has 4 heteroatoms. The minimum absolute atomic E-state index is 0.0179. The van der Waals surface area contributed by atoms with Crippen LogP contribution in [0.4, 0.5) is 0 Å². The van der Waals surface area contributed by atoms with Gasteiger partial charge in [-0.1, -0.05) is 0 Å². The maximum atomic E-state index is 8.93. The molecule has 2 rings (SSSR count).